The Kier molecular flexibility index (Phi) is 6.35. The highest BCUT2D eigenvalue weighted by molar-refractivity contribution is 6.28. The number of unbranched alkanes of at least 4 members (excludes halogenated alkanes) is 2. The third-order valence-electron chi connectivity index (χ3n) is 4.41. The fourth-order valence-electron chi connectivity index (χ4n) is 2.98. The van der Waals surface area contributed by atoms with Gasteiger partial charge in [-0.3, -0.25) is 13.9 Å². The number of hydrogen-bond donors (Lipinski definition) is 2. The first kappa shape index (κ1) is 21.0. The number of aryl methyl sites for hydroxylation is 1. The van der Waals surface area contributed by atoms with Crippen LogP contribution in [0.3, 0.4) is 0 Å². The van der Waals surface area contributed by atoms with Gasteiger partial charge < -0.3 is 15.0 Å². The van der Waals surface area contributed by atoms with Gasteiger partial charge >= 0.3 is 11.8 Å². The molecular weight excluding hydrogens is 374 g/mol. The first-order valence-corrected chi connectivity index (χ1v) is 9.35. The second-order valence-electron chi connectivity index (χ2n) is 7.43. The van der Waals surface area contributed by atoms with Crippen molar-refractivity contribution >= 4 is 28.9 Å². The molecule has 0 fully saturated rings. The lowest BCUT2D eigenvalue weighted by Gasteiger charge is -2.33. The van der Waals surface area contributed by atoms with Crippen LogP contribution in [0.25, 0.3) is 11.2 Å². The maximum Gasteiger partial charge on any atom is 0.407 e. The standard InChI is InChI=1S/C17H26ClN5O4/c1-5-6-7-8-21-12-11(19-14(18)20-12)13(24)22(15(21)25)9-10-23(16(26)27)17(2,3)4/h5-10H2,1-4H3,(H,19,20)(H,26,27). The molecule has 0 aliphatic heterocycles. The molecule has 0 aromatic carbocycles. The molecule has 0 unspecified atom stereocenters. The van der Waals surface area contributed by atoms with E-state index in [9.17, 15) is 19.5 Å². The summed E-state index contributed by atoms with van der Waals surface area (Å²) in [7, 11) is 0. The van der Waals surface area contributed by atoms with E-state index in [1.54, 1.807) is 20.8 Å². The maximum atomic E-state index is 12.9. The number of rotatable bonds is 7. The first-order valence-electron chi connectivity index (χ1n) is 8.97. The number of nitrogens with zero attached hydrogens (tertiary/aromatic N) is 4. The zero-order chi connectivity index (χ0) is 20.4. The summed E-state index contributed by atoms with van der Waals surface area (Å²) in [4.78, 5) is 45.1. The number of aromatic nitrogens is 4. The van der Waals surface area contributed by atoms with Gasteiger partial charge in [0, 0.05) is 25.2 Å². The van der Waals surface area contributed by atoms with Crippen molar-refractivity contribution in [2.24, 2.45) is 0 Å². The van der Waals surface area contributed by atoms with Gasteiger partial charge in [0.1, 0.15) is 0 Å². The van der Waals surface area contributed by atoms with E-state index in [-0.39, 0.29) is 29.5 Å². The molecule has 150 valence electrons. The highest BCUT2D eigenvalue weighted by atomic mass is 35.5. The van der Waals surface area contributed by atoms with Crippen LogP contribution in [0, 0.1) is 0 Å². The molecule has 10 heteroatoms. The van der Waals surface area contributed by atoms with Crippen molar-refractivity contribution in [3.63, 3.8) is 0 Å². The van der Waals surface area contributed by atoms with E-state index in [1.165, 1.54) is 9.47 Å². The molecule has 2 heterocycles. The SMILES string of the molecule is CCCCCn1c(=O)n(CCN(C(=O)O)C(C)(C)C)c(=O)c2[nH]c(Cl)nc21. The van der Waals surface area contributed by atoms with Crippen LogP contribution in [0.4, 0.5) is 4.79 Å². The highest BCUT2D eigenvalue weighted by Gasteiger charge is 2.26. The minimum absolute atomic E-state index is 0.0102. The quantitative estimate of drug-likeness (QED) is 0.548. The lowest BCUT2D eigenvalue weighted by Crippen LogP contribution is -2.49. The molecule has 0 spiro atoms. The third kappa shape index (κ3) is 4.52. The topological polar surface area (TPSA) is 113 Å². The summed E-state index contributed by atoms with van der Waals surface area (Å²) >= 11 is 5.91. The third-order valence-corrected chi connectivity index (χ3v) is 4.58. The fourth-order valence-corrected chi connectivity index (χ4v) is 3.15. The molecule has 0 saturated heterocycles. The molecular formula is C17H26ClN5O4. The van der Waals surface area contributed by atoms with Gasteiger partial charge in [-0.2, -0.15) is 4.98 Å². The minimum Gasteiger partial charge on any atom is -0.465 e. The second-order valence-corrected chi connectivity index (χ2v) is 7.79. The molecule has 2 N–H and O–H groups in total. The van der Waals surface area contributed by atoms with Crippen molar-refractivity contribution in [1.29, 1.82) is 0 Å². The summed E-state index contributed by atoms with van der Waals surface area (Å²) in [5, 5.41) is 9.45. The number of amides is 1. The van der Waals surface area contributed by atoms with Gasteiger partial charge in [0.2, 0.25) is 5.28 Å². The minimum atomic E-state index is -1.11. The monoisotopic (exact) mass is 399 g/mol. The molecule has 1 amide bonds. The van der Waals surface area contributed by atoms with Crippen LogP contribution in [0.5, 0.6) is 0 Å². The summed E-state index contributed by atoms with van der Waals surface area (Å²) < 4.78 is 2.47. The van der Waals surface area contributed by atoms with Gasteiger partial charge in [-0.05, 0) is 38.8 Å². The van der Waals surface area contributed by atoms with Gasteiger partial charge in [0.25, 0.3) is 5.56 Å². The summed E-state index contributed by atoms with van der Waals surface area (Å²) in [5.41, 5.74) is -1.34. The lowest BCUT2D eigenvalue weighted by atomic mass is 10.1. The highest BCUT2D eigenvalue weighted by Crippen LogP contribution is 2.14. The Morgan fingerprint density at radius 1 is 1.22 bits per heavy atom. The number of halogens is 1. The van der Waals surface area contributed by atoms with Gasteiger partial charge in [-0.15, -0.1) is 0 Å². The maximum absolute atomic E-state index is 12.9. The molecule has 0 bridgehead atoms. The molecule has 9 nitrogen and oxygen atoms in total. The van der Waals surface area contributed by atoms with Crippen LogP contribution in [0.2, 0.25) is 5.28 Å². The van der Waals surface area contributed by atoms with Gasteiger partial charge in [0.05, 0.1) is 0 Å². The predicted octanol–water partition coefficient (Wildman–Crippen LogP) is 2.51. The van der Waals surface area contributed by atoms with Crippen LogP contribution in [0.15, 0.2) is 9.59 Å². The summed E-state index contributed by atoms with van der Waals surface area (Å²) in [6.07, 6.45) is 1.57. The fraction of sp³-hybridized carbons (Fsp3) is 0.647. The number of hydrogen-bond acceptors (Lipinski definition) is 4. The molecule has 2 aromatic rings. The molecule has 0 aliphatic carbocycles. The average Bonchev–Trinajstić information content (AvgIpc) is 2.94. The van der Waals surface area contributed by atoms with Crippen molar-refractivity contribution in [1.82, 2.24) is 24.0 Å². The van der Waals surface area contributed by atoms with E-state index < -0.39 is 22.9 Å². The summed E-state index contributed by atoms with van der Waals surface area (Å²) in [5.74, 6) is 0. The number of imidazole rings is 1. The Labute approximate surface area is 161 Å². The molecule has 2 aromatic heterocycles. The Hall–Kier alpha value is -2.29. The van der Waals surface area contributed by atoms with Crippen molar-refractivity contribution in [3.05, 3.63) is 26.1 Å². The number of nitrogens with one attached hydrogen (secondary N) is 1. The van der Waals surface area contributed by atoms with Crippen LogP contribution in [0.1, 0.15) is 47.0 Å². The molecule has 27 heavy (non-hydrogen) atoms. The smallest absolute Gasteiger partial charge is 0.407 e. The number of H-pyrrole nitrogens is 1. The number of carboxylic acid groups (broad SMARTS) is 1. The van der Waals surface area contributed by atoms with E-state index in [2.05, 4.69) is 16.9 Å². The van der Waals surface area contributed by atoms with Gasteiger partial charge in [-0.1, -0.05) is 19.8 Å². The van der Waals surface area contributed by atoms with E-state index in [4.69, 9.17) is 11.6 Å². The van der Waals surface area contributed by atoms with Crippen LogP contribution in [-0.2, 0) is 13.1 Å². The van der Waals surface area contributed by atoms with Crippen molar-refractivity contribution in [3.8, 4) is 0 Å². The Bertz CT molecular complexity index is 938. The van der Waals surface area contributed by atoms with E-state index >= 15 is 0 Å². The molecule has 0 aliphatic rings. The largest absolute Gasteiger partial charge is 0.465 e. The Morgan fingerprint density at radius 2 is 1.89 bits per heavy atom. The predicted molar refractivity (Wildman–Crippen MR) is 104 cm³/mol. The number of carbonyl (C=O) groups is 1. The number of aromatic amines is 1. The van der Waals surface area contributed by atoms with E-state index in [1.807, 2.05) is 0 Å². The summed E-state index contributed by atoms with van der Waals surface area (Å²) in [6.45, 7) is 7.68. The van der Waals surface area contributed by atoms with Crippen molar-refractivity contribution in [2.45, 2.75) is 65.6 Å². The first-order chi connectivity index (χ1) is 12.6. The Balaban J connectivity index is 2.48. The summed E-state index contributed by atoms with van der Waals surface area (Å²) in [6, 6.07) is 0. The van der Waals surface area contributed by atoms with Crippen molar-refractivity contribution < 1.29 is 9.90 Å². The normalized spacial score (nSPS) is 11.9. The van der Waals surface area contributed by atoms with Crippen LogP contribution < -0.4 is 11.2 Å². The molecule has 2 rings (SSSR count). The zero-order valence-corrected chi connectivity index (χ0v) is 16.8. The average molecular weight is 400 g/mol. The van der Waals surface area contributed by atoms with Gasteiger partial charge in [-0.25, -0.2) is 9.59 Å². The van der Waals surface area contributed by atoms with Crippen LogP contribution >= 0.6 is 11.6 Å². The molecule has 0 saturated carbocycles. The number of fused-ring (bicyclic) bond motifs is 1. The Morgan fingerprint density at radius 3 is 2.44 bits per heavy atom. The lowest BCUT2D eigenvalue weighted by molar-refractivity contribution is 0.0973. The van der Waals surface area contributed by atoms with E-state index in [0.29, 0.717) is 6.54 Å². The van der Waals surface area contributed by atoms with Crippen LogP contribution in [-0.4, -0.2) is 47.3 Å². The van der Waals surface area contributed by atoms with E-state index in [0.717, 1.165) is 23.8 Å². The zero-order valence-electron chi connectivity index (χ0n) is 16.1. The van der Waals surface area contributed by atoms with Crippen molar-refractivity contribution in [2.75, 3.05) is 6.54 Å². The second kappa shape index (κ2) is 8.16. The molecule has 0 atom stereocenters. The van der Waals surface area contributed by atoms with Gasteiger partial charge in [0.15, 0.2) is 11.2 Å². The molecule has 0 radical (unpaired) electrons.